The van der Waals surface area contributed by atoms with Gasteiger partial charge in [0.15, 0.2) is 5.78 Å². The van der Waals surface area contributed by atoms with Gasteiger partial charge in [0.05, 0.1) is 5.69 Å². The third kappa shape index (κ3) is 5.13. The first-order valence-corrected chi connectivity index (χ1v) is 8.94. The van der Waals surface area contributed by atoms with Crippen LogP contribution in [0.15, 0.2) is 24.3 Å². The second-order valence-corrected chi connectivity index (χ2v) is 6.13. The Morgan fingerprint density at radius 1 is 1.12 bits per heavy atom. The normalized spacial score (nSPS) is 10.4. The molecule has 0 aliphatic rings. The fraction of sp³-hybridized carbons (Fsp3) is 0.412. The molecule has 0 unspecified atom stereocenters. The highest BCUT2D eigenvalue weighted by atomic mass is 32.1. The number of carbonyl (C=O) groups is 2. The Kier molecular flexibility index (Phi) is 6.87. The van der Waals surface area contributed by atoms with Crippen molar-refractivity contribution >= 4 is 34.2 Å². The van der Waals surface area contributed by atoms with Gasteiger partial charge in [-0.2, -0.15) is 4.37 Å². The molecule has 0 radical (unpaired) electrons. The standard InChI is InChI=1S/C17H22N4O2S/c1-3-5-6-11-14(22)12-9-7-8-10-13(12)18-16(23)20-17-19-15(4-2)21-24-17/h7-10H,3-6,11H2,1-2H3,(H2,18,19,20,21,23). The van der Waals surface area contributed by atoms with E-state index in [4.69, 9.17) is 0 Å². The lowest BCUT2D eigenvalue weighted by molar-refractivity contribution is 0.0980. The summed E-state index contributed by atoms with van der Waals surface area (Å²) in [5.41, 5.74) is 1.05. The highest BCUT2D eigenvalue weighted by molar-refractivity contribution is 7.09. The lowest BCUT2D eigenvalue weighted by Gasteiger charge is -2.10. The van der Waals surface area contributed by atoms with E-state index in [9.17, 15) is 9.59 Å². The number of anilines is 2. The second-order valence-electron chi connectivity index (χ2n) is 5.37. The minimum atomic E-state index is -0.428. The Hall–Kier alpha value is -2.28. The Morgan fingerprint density at radius 2 is 1.92 bits per heavy atom. The summed E-state index contributed by atoms with van der Waals surface area (Å²) in [6.45, 7) is 4.05. The number of para-hydroxylation sites is 1. The van der Waals surface area contributed by atoms with Crippen LogP contribution >= 0.6 is 11.5 Å². The van der Waals surface area contributed by atoms with Gasteiger partial charge in [-0.25, -0.2) is 9.78 Å². The van der Waals surface area contributed by atoms with E-state index in [1.54, 1.807) is 24.3 Å². The number of nitrogens with one attached hydrogen (secondary N) is 2. The number of aryl methyl sites for hydroxylation is 1. The van der Waals surface area contributed by atoms with Gasteiger partial charge >= 0.3 is 6.03 Å². The zero-order valence-corrected chi connectivity index (χ0v) is 14.8. The molecule has 128 valence electrons. The average molecular weight is 346 g/mol. The molecule has 2 rings (SSSR count). The fourth-order valence-electron chi connectivity index (χ4n) is 2.20. The summed E-state index contributed by atoms with van der Waals surface area (Å²) in [4.78, 5) is 28.6. The Bertz CT molecular complexity index is 699. The smallest absolute Gasteiger partial charge is 0.307 e. The van der Waals surface area contributed by atoms with Crippen molar-refractivity contribution in [3.63, 3.8) is 0 Å². The molecule has 24 heavy (non-hydrogen) atoms. The molecule has 0 aliphatic heterocycles. The van der Waals surface area contributed by atoms with Gasteiger partial charge in [-0.3, -0.25) is 10.1 Å². The van der Waals surface area contributed by atoms with Gasteiger partial charge in [-0.15, -0.1) is 0 Å². The van der Waals surface area contributed by atoms with Crippen LogP contribution in [-0.2, 0) is 6.42 Å². The molecule has 0 spiro atoms. The minimum absolute atomic E-state index is 0.0449. The van der Waals surface area contributed by atoms with Crippen molar-refractivity contribution in [1.29, 1.82) is 0 Å². The van der Waals surface area contributed by atoms with Crippen LogP contribution in [0.4, 0.5) is 15.6 Å². The molecule has 0 aliphatic carbocycles. The number of amides is 2. The van der Waals surface area contributed by atoms with Gasteiger partial charge in [0.25, 0.3) is 0 Å². The van der Waals surface area contributed by atoms with Crippen molar-refractivity contribution < 1.29 is 9.59 Å². The van der Waals surface area contributed by atoms with Crippen LogP contribution in [0.3, 0.4) is 0 Å². The van der Waals surface area contributed by atoms with E-state index in [1.165, 1.54) is 0 Å². The lowest BCUT2D eigenvalue weighted by atomic mass is 10.0. The number of hydrogen-bond acceptors (Lipinski definition) is 5. The van der Waals surface area contributed by atoms with E-state index in [0.29, 0.717) is 28.6 Å². The monoisotopic (exact) mass is 346 g/mol. The quantitative estimate of drug-likeness (QED) is 0.544. The summed E-state index contributed by atoms with van der Waals surface area (Å²) >= 11 is 1.14. The van der Waals surface area contributed by atoms with Crippen LogP contribution in [0.1, 0.15) is 55.7 Å². The number of ketones is 1. The van der Waals surface area contributed by atoms with Crippen LogP contribution in [0, 0.1) is 0 Å². The molecule has 0 fully saturated rings. The predicted molar refractivity (Wildman–Crippen MR) is 96.8 cm³/mol. The number of unbranched alkanes of at least 4 members (excludes halogenated alkanes) is 2. The lowest BCUT2D eigenvalue weighted by Crippen LogP contribution is -2.21. The molecule has 7 heteroatoms. The first-order valence-electron chi connectivity index (χ1n) is 8.16. The van der Waals surface area contributed by atoms with Gasteiger partial charge in [-0.1, -0.05) is 38.8 Å². The number of hydrogen-bond donors (Lipinski definition) is 2. The third-order valence-corrected chi connectivity index (χ3v) is 4.16. The number of benzene rings is 1. The third-order valence-electron chi connectivity index (χ3n) is 3.49. The van der Waals surface area contributed by atoms with Gasteiger partial charge in [0.2, 0.25) is 5.13 Å². The first-order chi connectivity index (χ1) is 11.6. The Morgan fingerprint density at radius 3 is 2.62 bits per heavy atom. The van der Waals surface area contributed by atoms with Crippen LogP contribution in [0.25, 0.3) is 0 Å². The maximum absolute atomic E-state index is 12.3. The van der Waals surface area contributed by atoms with Crippen LogP contribution in [0.2, 0.25) is 0 Å². The molecule has 2 N–H and O–H groups in total. The Balaban J connectivity index is 2.00. The van der Waals surface area contributed by atoms with E-state index < -0.39 is 6.03 Å². The van der Waals surface area contributed by atoms with E-state index in [-0.39, 0.29) is 5.78 Å². The maximum Gasteiger partial charge on any atom is 0.325 e. The summed E-state index contributed by atoms with van der Waals surface area (Å²) in [6.07, 6.45) is 4.16. The van der Waals surface area contributed by atoms with Gasteiger partial charge in [-0.05, 0) is 18.6 Å². The number of aromatic nitrogens is 2. The van der Waals surface area contributed by atoms with E-state index in [1.807, 2.05) is 6.92 Å². The first kappa shape index (κ1) is 18.1. The Labute approximate surface area is 145 Å². The summed E-state index contributed by atoms with van der Waals surface area (Å²) < 4.78 is 4.12. The van der Waals surface area contributed by atoms with Crippen molar-refractivity contribution in [2.45, 2.75) is 46.0 Å². The van der Waals surface area contributed by atoms with E-state index >= 15 is 0 Å². The minimum Gasteiger partial charge on any atom is -0.307 e. The second kappa shape index (κ2) is 9.12. The summed E-state index contributed by atoms with van der Waals surface area (Å²) in [6, 6.07) is 6.63. The highest BCUT2D eigenvalue weighted by Crippen LogP contribution is 2.19. The van der Waals surface area contributed by atoms with Crippen molar-refractivity contribution in [3.8, 4) is 0 Å². The van der Waals surface area contributed by atoms with Crippen molar-refractivity contribution in [2.24, 2.45) is 0 Å². The van der Waals surface area contributed by atoms with Crippen molar-refractivity contribution in [2.75, 3.05) is 10.6 Å². The largest absolute Gasteiger partial charge is 0.325 e. The molecule has 6 nitrogen and oxygen atoms in total. The van der Waals surface area contributed by atoms with Gasteiger partial charge in [0.1, 0.15) is 5.82 Å². The van der Waals surface area contributed by atoms with E-state index in [0.717, 1.165) is 37.2 Å². The number of Topliss-reactive ketones (excluding diaryl/α,β-unsaturated/α-hetero) is 1. The molecular weight excluding hydrogens is 324 g/mol. The fourth-order valence-corrected chi connectivity index (χ4v) is 2.85. The number of rotatable bonds is 8. The SMILES string of the molecule is CCCCCC(=O)c1ccccc1NC(=O)Nc1nc(CC)ns1. The summed E-state index contributed by atoms with van der Waals surface area (Å²) in [7, 11) is 0. The van der Waals surface area contributed by atoms with Crippen molar-refractivity contribution in [1.82, 2.24) is 9.36 Å². The zero-order chi connectivity index (χ0) is 17.4. The highest BCUT2D eigenvalue weighted by Gasteiger charge is 2.13. The van der Waals surface area contributed by atoms with E-state index in [2.05, 4.69) is 26.9 Å². The summed E-state index contributed by atoms with van der Waals surface area (Å²) in [5.74, 6) is 0.741. The van der Waals surface area contributed by atoms with Gasteiger partial charge in [0, 0.05) is 29.9 Å². The van der Waals surface area contributed by atoms with Crippen LogP contribution < -0.4 is 10.6 Å². The predicted octanol–water partition coefficient (Wildman–Crippen LogP) is 4.51. The topological polar surface area (TPSA) is 84.0 Å². The molecule has 0 atom stereocenters. The number of nitrogens with zero attached hydrogens (tertiary/aromatic N) is 2. The van der Waals surface area contributed by atoms with Gasteiger partial charge < -0.3 is 5.32 Å². The molecule has 0 saturated carbocycles. The van der Waals surface area contributed by atoms with Crippen LogP contribution in [0.5, 0.6) is 0 Å². The molecule has 2 amide bonds. The zero-order valence-electron chi connectivity index (χ0n) is 14.0. The molecule has 0 saturated heterocycles. The van der Waals surface area contributed by atoms with Crippen LogP contribution in [-0.4, -0.2) is 21.2 Å². The molecule has 1 aromatic heterocycles. The molecule has 0 bridgehead atoms. The molecule has 2 aromatic rings. The molecule has 1 heterocycles. The van der Waals surface area contributed by atoms with Crippen molar-refractivity contribution in [3.05, 3.63) is 35.7 Å². The molecule has 1 aromatic carbocycles. The summed E-state index contributed by atoms with van der Waals surface area (Å²) in [5, 5.41) is 5.81. The number of urea groups is 1. The maximum atomic E-state index is 12.3. The average Bonchev–Trinajstić information content (AvgIpc) is 3.03. The molecular formula is C17H22N4O2S. The number of carbonyl (C=O) groups excluding carboxylic acids is 2.